The minimum atomic E-state index is -4.33. The summed E-state index contributed by atoms with van der Waals surface area (Å²) in [5.41, 5.74) is 4.69. The number of methoxy groups -OCH3 is 1. The Bertz CT molecular complexity index is 1320. The van der Waals surface area contributed by atoms with Crippen molar-refractivity contribution in [1.29, 1.82) is 0 Å². The molecule has 0 spiro atoms. The molecule has 2 fully saturated rings. The van der Waals surface area contributed by atoms with Crippen molar-refractivity contribution in [3.05, 3.63) is 66.0 Å². The number of carbonyl (C=O) groups excluding carboxylic acids is 1. The predicted octanol–water partition coefficient (Wildman–Crippen LogP) is 8.32. The van der Waals surface area contributed by atoms with Gasteiger partial charge in [0.15, 0.2) is 0 Å². The number of halogens is 3. The van der Waals surface area contributed by atoms with Crippen molar-refractivity contribution in [2.45, 2.75) is 83.4 Å². The predicted molar refractivity (Wildman–Crippen MR) is 155 cm³/mol. The van der Waals surface area contributed by atoms with Gasteiger partial charge >= 0.3 is 6.18 Å². The molecule has 8 heteroatoms. The molecule has 3 aromatic rings. The van der Waals surface area contributed by atoms with Crippen LogP contribution in [-0.2, 0) is 11.3 Å². The molecule has 0 aliphatic heterocycles. The van der Waals surface area contributed by atoms with Crippen LogP contribution in [0.25, 0.3) is 11.1 Å². The molecule has 2 aliphatic rings. The quantitative estimate of drug-likeness (QED) is 0.275. The lowest BCUT2D eigenvalue weighted by Crippen LogP contribution is -2.41. The average molecular weight is 568 g/mol. The van der Waals surface area contributed by atoms with E-state index in [1.165, 1.54) is 24.4 Å². The summed E-state index contributed by atoms with van der Waals surface area (Å²) in [6.07, 6.45) is 7.98. The van der Waals surface area contributed by atoms with E-state index in [9.17, 15) is 18.0 Å². The zero-order valence-corrected chi connectivity index (χ0v) is 24.0. The fourth-order valence-electron chi connectivity index (χ4n) is 6.62. The zero-order chi connectivity index (χ0) is 29.0. The minimum Gasteiger partial charge on any atom is -0.496 e. The third-order valence-electron chi connectivity index (χ3n) is 8.86. The standard InChI is InChI=1S/C33H40F3N3O2/c1-23-17-28(15-16-31(23)41-2)25-13-11-24(12-14-25)20-39(32(40)26-7-4-3-5-8-26)30-10-6-9-27(18-30)29-19-37-38(21-29)22-33(34,35)36/h6,9-10,15-19,21,24-26H,3-5,7-8,11-14,20,22H2,1-2H3/t24-,25-. The van der Waals surface area contributed by atoms with Gasteiger partial charge in [0.25, 0.3) is 0 Å². The zero-order valence-electron chi connectivity index (χ0n) is 24.0. The van der Waals surface area contributed by atoms with Crippen LogP contribution in [0.4, 0.5) is 18.9 Å². The van der Waals surface area contributed by atoms with Crippen molar-refractivity contribution in [1.82, 2.24) is 9.78 Å². The largest absolute Gasteiger partial charge is 0.496 e. The van der Waals surface area contributed by atoms with Gasteiger partial charge < -0.3 is 9.64 Å². The van der Waals surface area contributed by atoms with Crippen LogP contribution in [0, 0.1) is 18.8 Å². The molecule has 1 amide bonds. The van der Waals surface area contributed by atoms with E-state index in [1.54, 1.807) is 7.11 Å². The third-order valence-corrected chi connectivity index (χ3v) is 8.86. The monoisotopic (exact) mass is 567 g/mol. The van der Waals surface area contributed by atoms with Gasteiger partial charge in [-0.05, 0) is 92.2 Å². The Morgan fingerprint density at radius 2 is 1.76 bits per heavy atom. The molecule has 1 heterocycles. The summed E-state index contributed by atoms with van der Waals surface area (Å²) >= 11 is 0. The molecule has 2 saturated carbocycles. The molecule has 5 nitrogen and oxygen atoms in total. The first-order valence-electron chi connectivity index (χ1n) is 14.9. The average Bonchev–Trinajstić information content (AvgIpc) is 3.43. The number of hydrogen-bond acceptors (Lipinski definition) is 3. The number of hydrogen-bond donors (Lipinski definition) is 0. The van der Waals surface area contributed by atoms with Crippen LogP contribution in [0.2, 0.25) is 0 Å². The van der Waals surface area contributed by atoms with Crippen LogP contribution in [0.3, 0.4) is 0 Å². The molecule has 2 aromatic carbocycles. The van der Waals surface area contributed by atoms with Gasteiger partial charge in [0.05, 0.1) is 13.3 Å². The molecule has 5 rings (SSSR count). The van der Waals surface area contributed by atoms with E-state index in [4.69, 9.17) is 4.74 Å². The van der Waals surface area contributed by atoms with E-state index in [0.29, 0.717) is 23.9 Å². The molecule has 0 radical (unpaired) electrons. The van der Waals surface area contributed by atoms with Crippen molar-refractivity contribution in [2.24, 2.45) is 11.8 Å². The number of rotatable bonds is 8. The minimum absolute atomic E-state index is 0.0283. The molecule has 0 unspecified atom stereocenters. The molecule has 0 saturated heterocycles. The van der Waals surface area contributed by atoms with Gasteiger partial charge in [0, 0.05) is 29.9 Å². The normalized spacial score (nSPS) is 20.1. The van der Waals surface area contributed by atoms with Gasteiger partial charge in [-0.25, -0.2) is 0 Å². The smallest absolute Gasteiger partial charge is 0.408 e. The van der Waals surface area contributed by atoms with Crippen LogP contribution in [0.5, 0.6) is 5.75 Å². The second-order valence-corrected chi connectivity index (χ2v) is 11.8. The van der Waals surface area contributed by atoms with Crippen LogP contribution < -0.4 is 9.64 Å². The Kier molecular flexibility index (Phi) is 9.05. The fourth-order valence-corrected chi connectivity index (χ4v) is 6.62. The number of aryl methyl sites for hydroxylation is 1. The maximum atomic E-state index is 13.9. The van der Waals surface area contributed by atoms with Crippen molar-refractivity contribution < 1.29 is 22.7 Å². The van der Waals surface area contributed by atoms with Crippen LogP contribution in [0.1, 0.15) is 74.8 Å². The molecule has 0 atom stereocenters. The first-order chi connectivity index (χ1) is 19.7. The van der Waals surface area contributed by atoms with Gasteiger partial charge in [-0.15, -0.1) is 0 Å². The lowest BCUT2D eigenvalue weighted by atomic mass is 9.78. The molecule has 0 N–H and O–H groups in total. The number of alkyl halides is 3. The van der Waals surface area contributed by atoms with Crippen molar-refractivity contribution >= 4 is 11.6 Å². The topological polar surface area (TPSA) is 47.4 Å². The van der Waals surface area contributed by atoms with Gasteiger partial charge in [-0.1, -0.05) is 43.5 Å². The number of ether oxygens (including phenoxy) is 1. The molecule has 1 aromatic heterocycles. The maximum Gasteiger partial charge on any atom is 0.408 e. The maximum absolute atomic E-state index is 13.9. The molecular weight excluding hydrogens is 527 g/mol. The van der Waals surface area contributed by atoms with E-state index in [0.717, 1.165) is 78.6 Å². The van der Waals surface area contributed by atoms with E-state index in [-0.39, 0.29) is 11.8 Å². The Morgan fingerprint density at radius 3 is 2.44 bits per heavy atom. The summed E-state index contributed by atoms with van der Waals surface area (Å²) in [5.74, 6) is 2.03. The Hall–Kier alpha value is -3.29. The summed E-state index contributed by atoms with van der Waals surface area (Å²) in [6, 6.07) is 14.1. The fraction of sp³-hybridized carbons (Fsp3) is 0.515. The summed E-state index contributed by atoms with van der Waals surface area (Å²) in [6.45, 7) is 1.62. The van der Waals surface area contributed by atoms with Crippen molar-refractivity contribution in [3.63, 3.8) is 0 Å². The highest BCUT2D eigenvalue weighted by Crippen LogP contribution is 2.39. The molecular formula is C33H40F3N3O2. The Labute approximate surface area is 240 Å². The highest BCUT2D eigenvalue weighted by Gasteiger charge is 2.31. The van der Waals surface area contributed by atoms with Crippen molar-refractivity contribution in [3.8, 4) is 16.9 Å². The third kappa shape index (κ3) is 7.32. The van der Waals surface area contributed by atoms with E-state index in [2.05, 4.69) is 30.2 Å². The second kappa shape index (κ2) is 12.7. The molecule has 41 heavy (non-hydrogen) atoms. The van der Waals surface area contributed by atoms with Crippen LogP contribution >= 0.6 is 0 Å². The summed E-state index contributed by atoms with van der Waals surface area (Å²) in [7, 11) is 1.70. The Balaban J connectivity index is 1.33. The first-order valence-corrected chi connectivity index (χ1v) is 14.9. The van der Waals surface area contributed by atoms with E-state index < -0.39 is 12.7 Å². The summed E-state index contributed by atoms with van der Waals surface area (Å²) in [5, 5.41) is 3.91. The van der Waals surface area contributed by atoms with Gasteiger partial charge in [-0.3, -0.25) is 9.48 Å². The number of benzene rings is 2. The van der Waals surface area contributed by atoms with Gasteiger partial charge in [0.1, 0.15) is 12.3 Å². The lowest BCUT2D eigenvalue weighted by molar-refractivity contribution is -0.142. The number of nitrogens with zero attached hydrogens (tertiary/aromatic N) is 3. The van der Waals surface area contributed by atoms with Crippen LogP contribution in [0.15, 0.2) is 54.9 Å². The second-order valence-electron chi connectivity index (χ2n) is 11.8. The molecule has 2 aliphatic carbocycles. The molecule has 0 bridgehead atoms. The number of anilines is 1. The van der Waals surface area contributed by atoms with Gasteiger partial charge in [-0.2, -0.15) is 18.3 Å². The number of carbonyl (C=O) groups is 1. The number of amides is 1. The number of aromatic nitrogens is 2. The first kappa shape index (κ1) is 29.2. The van der Waals surface area contributed by atoms with Crippen LogP contribution in [-0.4, -0.2) is 35.5 Å². The highest BCUT2D eigenvalue weighted by atomic mass is 19.4. The van der Waals surface area contributed by atoms with E-state index in [1.807, 2.05) is 29.2 Å². The molecule has 220 valence electrons. The Morgan fingerprint density at radius 1 is 1.00 bits per heavy atom. The highest BCUT2D eigenvalue weighted by molar-refractivity contribution is 5.95. The van der Waals surface area contributed by atoms with Gasteiger partial charge in [0.2, 0.25) is 5.91 Å². The summed E-state index contributed by atoms with van der Waals surface area (Å²) in [4.78, 5) is 15.9. The van der Waals surface area contributed by atoms with Crippen molar-refractivity contribution in [2.75, 3.05) is 18.6 Å². The summed E-state index contributed by atoms with van der Waals surface area (Å²) < 4.78 is 45.0. The van der Waals surface area contributed by atoms with E-state index >= 15 is 0 Å². The lowest BCUT2D eigenvalue weighted by Gasteiger charge is -2.35. The SMILES string of the molecule is COc1ccc([C@H]2CC[C@H](CN(C(=O)C3CCCCC3)c3cccc(-c4cnn(CC(F)(F)F)c4)c3)CC2)cc1C.